The third-order valence-electron chi connectivity index (χ3n) is 4.70. The highest BCUT2D eigenvalue weighted by Crippen LogP contribution is 2.34. The lowest BCUT2D eigenvalue weighted by Gasteiger charge is -2.34. The van der Waals surface area contributed by atoms with Crippen molar-refractivity contribution in [2.75, 3.05) is 37.3 Å². The highest BCUT2D eigenvalue weighted by atomic mass is 32.2. The van der Waals surface area contributed by atoms with Crippen LogP contribution in [0.25, 0.3) is 10.2 Å². The zero-order valence-electron chi connectivity index (χ0n) is 15.1. The van der Waals surface area contributed by atoms with Crippen LogP contribution in [0, 0.1) is 13.8 Å². The highest BCUT2D eigenvalue weighted by Gasteiger charge is 2.26. The van der Waals surface area contributed by atoms with Crippen molar-refractivity contribution in [3.05, 3.63) is 41.3 Å². The normalized spacial score (nSPS) is 15.0. The smallest absolute Gasteiger partial charge is 0.257 e. The topological polar surface area (TPSA) is 49.6 Å². The van der Waals surface area contributed by atoms with Crippen molar-refractivity contribution >= 4 is 44.4 Å². The molecule has 1 saturated heterocycles. The maximum absolute atomic E-state index is 12.7. The van der Waals surface area contributed by atoms with Crippen molar-refractivity contribution < 1.29 is 9.21 Å². The Bertz CT molecular complexity index is 955. The molecule has 4 rings (SSSR count). The van der Waals surface area contributed by atoms with Gasteiger partial charge in [-0.15, -0.1) is 11.8 Å². The summed E-state index contributed by atoms with van der Waals surface area (Å²) < 4.78 is 6.72. The van der Waals surface area contributed by atoms with Crippen LogP contribution in [0.3, 0.4) is 0 Å². The van der Waals surface area contributed by atoms with Gasteiger partial charge in [0.1, 0.15) is 11.5 Å². The minimum atomic E-state index is 0.0629. The van der Waals surface area contributed by atoms with Gasteiger partial charge in [-0.05, 0) is 38.3 Å². The van der Waals surface area contributed by atoms with Crippen LogP contribution in [0.1, 0.15) is 21.9 Å². The van der Waals surface area contributed by atoms with Crippen LogP contribution >= 0.6 is 23.1 Å². The number of fused-ring (bicyclic) bond motifs is 1. The lowest BCUT2D eigenvalue weighted by molar-refractivity contribution is 0.0745. The molecular weight excluding hydrogens is 366 g/mol. The average molecular weight is 388 g/mol. The second-order valence-corrected chi connectivity index (χ2v) is 8.27. The Morgan fingerprint density at radius 1 is 1.23 bits per heavy atom. The number of aryl methyl sites for hydroxylation is 2. The number of carbonyl (C=O) groups excluding carboxylic acids is 1. The van der Waals surface area contributed by atoms with Gasteiger partial charge in [-0.25, -0.2) is 4.98 Å². The number of carbonyl (C=O) groups is 1. The molecule has 1 amide bonds. The number of thioether (sulfide) groups is 1. The second kappa shape index (κ2) is 6.96. The Morgan fingerprint density at radius 3 is 2.65 bits per heavy atom. The van der Waals surface area contributed by atoms with Crippen LogP contribution in [0.2, 0.25) is 0 Å². The molecule has 0 radical (unpaired) electrons. The van der Waals surface area contributed by atoms with Gasteiger partial charge in [-0.1, -0.05) is 17.4 Å². The Hall–Kier alpha value is -1.99. The van der Waals surface area contributed by atoms with E-state index >= 15 is 0 Å². The molecule has 26 heavy (non-hydrogen) atoms. The van der Waals surface area contributed by atoms with E-state index in [4.69, 9.17) is 9.40 Å². The molecule has 1 aromatic carbocycles. The molecular formula is C19H21N3O2S2. The molecule has 0 atom stereocenters. The molecule has 0 bridgehead atoms. The van der Waals surface area contributed by atoms with Crippen LogP contribution in [-0.4, -0.2) is 48.2 Å². The number of para-hydroxylation sites is 1. The van der Waals surface area contributed by atoms with Gasteiger partial charge >= 0.3 is 0 Å². The first kappa shape index (κ1) is 17.4. The summed E-state index contributed by atoms with van der Waals surface area (Å²) in [5, 5.41) is 1.05. The number of anilines is 1. The van der Waals surface area contributed by atoms with Crippen molar-refractivity contribution in [2.45, 2.75) is 18.7 Å². The lowest BCUT2D eigenvalue weighted by Crippen LogP contribution is -2.48. The first-order valence-corrected chi connectivity index (χ1v) is 10.7. The molecule has 0 saturated carbocycles. The number of rotatable bonds is 3. The number of amides is 1. The van der Waals surface area contributed by atoms with E-state index in [1.165, 1.54) is 9.60 Å². The first-order chi connectivity index (χ1) is 12.6. The molecule has 2 aromatic heterocycles. The monoisotopic (exact) mass is 387 g/mol. The zero-order valence-corrected chi connectivity index (χ0v) is 16.7. The van der Waals surface area contributed by atoms with Crippen molar-refractivity contribution in [1.82, 2.24) is 9.88 Å². The van der Waals surface area contributed by atoms with Gasteiger partial charge in [0.25, 0.3) is 5.91 Å². The van der Waals surface area contributed by atoms with Gasteiger partial charge in [0.05, 0.1) is 15.8 Å². The third-order valence-corrected chi connectivity index (χ3v) is 6.55. The van der Waals surface area contributed by atoms with Crippen molar-refractivity contribution in [1.29, 1.82) is 0 Å². The Balaban J connectivity index is 1.48. The summed E-state index contributed by atoms with van der Waals surface area (Å²) >= 11 is 3.46. The van der Waals surface area contributed by atoms with Crippen LogP contribution in [0.15, 0.2) is 33.6 Å². The molecule has 0 aliphatic carbocycles. The maximum atomic E-state index is 12.7. The largest absolute Gasteiger partial charge is 0.466 e. The van der Waals surface area contributed by atoms with Gasteiger partial charge < -0.3 is 14.2 Å². The molecule has 1 fully saturated rings. The van der Waals surface area contributed by atoms with Gasteiger partial charge in [0.15, 0.2) is 5.13 Å². The minimum absolute atomic E-state index is 0.0629. The summed E-state index contributed by atoms with van der Waals surface area (Å²) in [6.45, 7) is 6.73. The van der Waals surface area contributed by atoms with Crippen LogP contribution in [-0.2, 0) is 0 Å². The molecule has 0 spiro atoms. The molecule has 7 heteroatoms. The molecule has 5 nitrogen and oxygen atoms in total. The number of benzene rings is 1. The summed E-state index contributed by atoms with van der Waals surface area (Å²) in [6.07, 6.45) is 2.08. The third kappa shape index (κ3) is 3.10. The fraction of sp³-hybridized carbons (Fsp3) is 0.368. The van der Waals surface area contributed by atoms with Gasteiger partial charge in [0, 0.05) is 31.1 Å². The van der Waals surface area contributed by atoms with Gasteiger partial charge in [0.2, 0.25) is 0 Å². The Labute approximate surface area is 161 Å². The second-order valence-electron chi connectivity index (χ2n) is 6.41. The zero-order chi connectivity index (χ0) is 18.3. The van der Waals surface area contributed by atoms with E-state index in [0.717, 1.165) is 29.5 Å². The molecule has 0 N–H and O–H groups in total. The fourth-order valence-corrected chi connectivity index (χ4v) is 5.00. The summed E-state index contributed by atoms with van der Waals surface area (Å²) in [5.74, 6) is 1.54. The van der Waals surface area contributed by atoms with E-state index in [1.54, 1.807) is 23.1 Å². The number of nitrogens with zero attached hydrogens (tertiary/aromatic N) is 3. The number of aromatic nitrogens is 1. The fourth-order valence-electron chi connectivity index (χ4n) is 3.33. The highest BCUT2D eigenvalue weighted by molar-refractivity contribution is 7.98. The van der Waals surface area contributed by atoms with E-state index in [-0.39, 0.29) is 5.91 Å². The predicted octanol–water partition coefficient (Wildman–Crippen LogP) is 4.19. The SMILES string of the molecule is CSc1cccc2sc(N3CCN(C(=O)c4cc(C)oc4C)CC3)nc12. The number of hydrogen-bond donors (Lipinski definition) is 0. The van der Waals surface area contributed by atoms with Crippen LogP contribution in [0.4, 0.5) is 5.13 Å². The summed E-state index contributed by atoms with van der Waals surface area (Å²) in [7, 11) is 0. The van der Waals surface area contributed by atoms with E-state index < -0.39 is 0 Å². The lowest BCUT2D eigenvalue weighted by atomic mass is 10.2. The molecule has 3 aromatic rings. The van der Waals surface area contributed by atoms with Crippen LogP contribution < -0.4 is 4.90 Å². The summed E-state index contributed by atoms with van der Waals surface area (Å²) in [6, 6.07) is 8.16. The van der Waals surface area contributed by atoms with Crippen molar-refractivity contribution in [3.8, 4) is 0 Å². The molecule has 1 aliphatic heterocycles. The molecule has 0 unspecified atom stereocenters. The molecule has 1 aliphatic rings. The van der Waals surface area contributed by atoms with Crippen molar-refractivity contribution in [3.63, 3.8) is 0 Å². The van der Waals surface area contributed by atoms with Crippen molar-refractivity contribution in [2.24, 2.45) is 0 Å². The van der Waals surface area contributed by atoms with E-state index in [0.29, 0.717) is 24.4 Å². The maximum Gasteiger partial charge on any atom is 0.257 e. The Morgan fingerprint density at radius 2 is 2.00 bits per heavy atom. The first-order valence-electron chi connectivity index (χ1n) is 8.61. The van der Waals surface area contributed by atoms with E-state index in [1.807, 2.05) is 24.8 Å². The summed E-state index contributed by atoms with van der Waals surface area (Å²) in [5.41, 5.74) is 1.77. The van der Waals surface area contributed by atoms with E-state index in [2.05, 4.69) is 29.4 Å². The molecule has 3 heterocycles. The number of furan rings is 1. The van der Waals surface area contributed by atoms with Gasteiger partial charge in [-0.3, -0.25) is 4.79 Å². The predicted molar refractivity (Wildman–Crippen MR) is 108 cm³/mol. The summed E-state index contributed by atoms with van der Waals surface area (Å²) in [4.78, 5) is 23.0. The quantitative estimate of drug-likeness (QED) is 0.631. The Kier molecular flexibility index (Phi) is 4.67. The number of hydrogen-bond acceptors (Lipinski definition) is 6. The minimum Gasteiger partial charge on any atom is -0.466 e. The standard InChI is InChI=1S/C19H21N3O2S2/c1-12-11-14(13(2)24-12)18(23)21-7-9-22(10-8-21)19-20-17-15(25-3)5-4-6-16(17)26-19/h4-6,11H,7-10H2,1-3H3. The average Bonchev–Trinajstić information content (AvgIpc) is 3.23. The number of thiazole rings is 1. The van der Waals surface area contributed by atoms with Gasteiger partial charge in [-0.2, -0.15) is 0 Å². The van der Waals surface area contributed by atoms with E-state index in [9.17, 15) is 4.79 Å². The number of piperazine rings is 1. The van der Waals surface area contributed by atoms with Crippen LogP contribution in [0.5, 0.6) is 0 Å². The molecule has 136 valence electrons.